The number of aromatic amines is 1. The van der Waals surface area contributed by atoms with Gasteiger partial charge in [0.05, 0.1) is 30.5 Å². The molecule has 7 heteroatoms. The zero-order chi connectivity index (χ0) is 19.8. The maximum Gasteiger partial charge on any atom is 0.272 e. The Bertz CT molecular complexity index is 974. The molecule has 0 radical (unpaired) electrons. The number of fused-ring (bicyclic) bond motifs is 2. The van der Waals surface area contributed by atoms with Gasteiger partial charge in [0.1, 0.15) is 0 Å². The van der Waals surface area contributed by atoms with Crippen LogP contribution in [-0.4, -0.2) is 46.7 Å². The molecule has 1 saturated carbocycles. The SMILES string of the molecule is N#Cc1cccc(CN2CC[C@@]3(COCc4c(C(=O)NC5CCC5)n[nH]c43)C2)c1. The van der Waals surface area contributed by atoms with Crippen molar-refractivity contribution in [2.45, 2.75) is 50.3 Å². The summed E-state index contributed by atoms with van der Waals surface area (Å²) in [5.74, 6) is -0.0870. The summed E-state index contributed by atoms with van der Waals surface area (Å²) in [6.07, 6.45) is 4.26. The summed E-state index contributed by atoms with van der Waals surface area (Å²) >= 11 is 0. The van der Waals surface area contributed by atoms with E-state index in [0.717, 1.165) is 55.7 Å². The van der Waals surface area contributed by atoms with Gasteiger partial charge in [-0.05, 0) is 49.9 Å². The zero-order valence-electron chi connectivity index (χ0n) is 16.4. The topological polar surface area (TPSA) is 94.0 Å². The third kappa shape index (κ3) is 3.33. The van der Waals surface area contributed by atoms with Crippen molar-refractivity contribution in [1.82, 2.24) is 20.4 Å². The molecule has 29 heavy (non-hydrogen) atoms. The van der Waals surface area contributed by atoms with Gasteiger partial charge in [0.15, 0.2) is 5.69 Å². The second-order valence-corrected chi connectivity index (χ2v) is 8.57. The van der Waals surface area contributed by atoms with Gasteiger partial charge in [-0.25, -0.2) is 0 Å². The molecular formula is C22H25N5O2. The van der Waals surface area contributed by atoms with Crippen molar-refractivity contribution in [3.8, 4) is 6.07 Å². The molecule has 1 aromatic carbocycles. The Morgan fingerprint density at radius 1 is 1.45 bits per heavy atom. The lowest BCUT2D eigenvalue weighted by Gasteiger charge is -2.33. The molecule has 2 aromatic rings. The number of H-pyrrole nitrogens is 1. The fraction of sp³-hybridized carbons (Fsp3) is 0.500. The number of carbonyl (C=O) groups excluding carboxylic acids is 1. The molecule has 7 nitrogen and oxygen atoms in total. The van der Waals surface area contributed by atoms with Crippen LogP contribution in [0, 0.1) is 11.3 Å². The minimum Gasteiger partial charge on any atom is -0.376 e. The van der Waals surface area contributed by atoms with E-state index in [1.54, 1.807) is 0 Å². The smallest absolute Gasteiger partial charge is 0.272 e. The standard InChI is InChI=1S/C22H25N5O2/c23-10-15-3-1-4-16(9-15)11-27-8-7-22(13-27)14-29-12-18-19(25-26-20(18)22)21(28)24-17-5-2-6-17/h1,3-4,9,17H,2,5-8,11-14H2,(H,24,28)(H,25,26)/t22-/m0/s1. The number of benzene rings is 1. The van der Waals surface area contributed by atoms with E-state index in [4.69, 9.17) is 10.00 Å². The molecule has 2 fully saturated rings. The van der Waals surface area contributed by atoms with E-state index in [9.17, 15) is 4.79 Å². The molecule has 0 bridgehead atoms. The normalized spacial score (nSPS) is 24.1. The van der Waals surface area contributed by atoms with Crippen LogP contribution >= 0.6 is 0 Å². The molecule has 2 N–H and O–H groups in total. The van der Waals surface area contributed by atoms with E-state index in [1.165, 1.54) is 6.42 Å². The lowest BCUT2D eigenvalue weighted by atomic mass is 9.80. The fourth-order valence-corrected chi connectivity index (χ4v) is 4.77. The number of likely N-dealkylation sites (tertiary alicyclic amines) is 1. The first kappa shape index (κ1) is 18.3. The zero-order valence-corrected chi connectivity index (χ0v) is 16.4. The van der Waals surface area contributed by atoms with Crippen LogP contribution in [0.25, 0.3) is 0 Å². The van der Waals surface area contributed by atoms with Crippen molar-refractivity contribution in [1.29, 1.82) is 5.26 Å². The van der Waals surface area contributed by atoms with Crippen LogP contribution in [0.4, 0.5) is 0 Å². The van der Waals surface area contributed by atoms with Gasteiger partial charge in [-0.3, -0.25) is 14.8 Å². The van der Waals surface area contributed by atoms with Gasteiger partial charge >= 0.3 is 0 Å². The summed E-state index contributed by atoms with van der Waals surface area (Å²) < 4.78 is 5.95. The molecule has 0 unspecified atom stereocenters. The predicted octanol–water partition coefficient (Wildman–Crippen LogP) is 2.24. The Balaban J connectivity index is 1.33. The summed E-state index contributed by atoms with van der Waals surface area (Å²) in [6.45, 7) is 3.67. The van der Waals surface area contributed by atoms with E-state index in [0.29, 0.717) is 30.5 Å². The lowest BCUT2D eigenvalue weighted by Crippen LogP contribution is -2.41. The first-order valence-corrected chi connectivity index (χ1v) is 10.3. The maximum absolute atomic E-state index is 12.7. The van der Waals surface area contributed by atoms with Crippen LogP contribution in [0.15, 0.2) is 24.3 Å². The highest BCUT2D eigenvalue weighted by molar-refractivity contribution is 5.94. The molecule has 1 aliphatic carbocycles. The van der Waals surface area contributed by atoms with Crippen molar-refractivity contribution in [3.63, 3.8) is 0 Å². The average Bonchev–Trinajstić information content (AvgIpc) is 3.31. The minimum absolute atomic E-state index is 0.0870. The number of hydrogen-bond donors (Lipinski definition) is 2. The van der Waals surface area contributed by atoms with Gasteiger partial charge in [-0.1, -0.05) is 12.1 Å². The fourth-order valence-electron chi connectivity index (χ4n) is 4.77. The van der Waals surface area contributed by atoms with Crippen LogP contribution in [-0.2, 0) is 23.3 Å². The summed E-state index contributed by atoms with van der Waals surface area (Å²) in [4.78, 5) is 15.1. The molecule has 1 atom stereocenters. The average molecular weight is 391 g/mol. The monoisotopic (exact) mass is 391 g/mol. The Labute approximate surface area is 170 Å². The largest absolute Gasteiger partial charge is 0.376 e. The van der Waals surface area contributed by atoms with Crippen molar-refractivity contribution >= 4 is 5.91 Å². The first-order chi connectivity index (χ1) is 14.2. The molecule has 1 spiro atoms. The van der Waals surface area contributed by atoms with E-state index in [-0.39, 0.29) is 11.3 Å². The molecule has 1 aromatic heterocycles. The van der Waals surface area contributed by atoms with Crippen LogP contribution in [0.5, 0.6) is 0 Å². The van der Waals surface area contributed by atoms with Crippen molar-refractivity contribution in [2.75, 3.05) is 19.7 Å². The lowest BCUT2D eigenvalue weighted by molar-refractivity contribution is 0.0508. The highest BCUT2D eigenvalue weighted by atomic mass is 16.5. The second kappa shape index (κ2) is 7.29. The number of nitrogens with one attached hydrogen (secondary N) is 2. The molecule has 3 heterocycles. The minimum atomic E-state index is -0.150. The third-order valence-electron chi connectivity index (χ3n) is 6.57. The number of nitriles is 1. The highest BCUT2D eigenvalue weighted by Gasteiger charge is 2.46. The summed E-state index contributed by atoms with van der Waals surface area (Å²) in [6, 6.07) is 10.3. The summed E-state index contributed by atoms with van der Waals surface area (Å²) in [7, 11) is 0. The van der Waals surface area contributed by atoms with Crippen molar-refractivity contribution in [3.05, 3.63) is 52.3 Å². The number of ether oxygens (including phenoxy) is 1. The van der Waals surface area contributed by atoms with Crippen LogP contribution in [0.1, 0.15) is 58.6 Å². The van der Waals surface area contributed by atoms with Gasteiger partial charge < -0.3 is 10.1 Å². The van der Waals surface area contributed by atoms with Gasteiger partial charge in [0, 0.05) is 30.1 Å². The quantitative estimate of drug-likeness (QED) is 0.834. The van der Waals surface area contributed by atoms with E-state index >= 15 is 0 Å². The maximum atomic E-state index is 12.7. The molecule has 1 saturated heterocycles. The van der Waals surface area contributed by atoms with Gasteiger partial charge in [0.2, 0.25) is 0 Å². The number of nitrogens with zero attached hydrogens (tertiary/aromatic N) is 3. The van der Waals surface area contributed by atoms with Crippen molar-refractivity contribution < 1.29 is 9.53 Å². The van der Waals surface area contributed by atoms with E-state index < -0.39 is 0 Å². The Hall–Kier alpha value is -2.69. The summed E-state index contributed by atoms with van der Waals surface area (Å²) in [5.41, 5.74) is 4.16. The summed E-state index contributed by atoms with van der Waals surface area (Å²) in [5, 5.41) is 19.8. The number of carbonyl (C=O) groups is 1. The molecule has 150 valence electrons. The van der Waals surface area contributed by atoms with Crippen LogP contribution in [0.2, 0.25) is 0 Å². The van der Waals surface area contributed by atoms with E-state index in [1.807, 2.05) is 18.2 Å². The number of amides is 1. The predicted molar refractivity (Wildman–Crippen MR) is 106 cm³/mol. The van der Waals surface area contributed by atoms with Crippen molar-refractivity contribution in [2.24, 2.45) is 0 Å². The first-order valence-electron chi connectivity index (χ1n) is 10.3. The Kier molecular flexibility index (Phi) is 4.61. The van der Waals surface area contributed by atoms with Gasteiger partial charge in [-0.2, -0.15) is 10.4 Å². The number of aromatic nitrogens is 2. The highest BCUT2D eigenvalue weighted by Crippen LogP contribution is 2.40. The Morgan fingerprint density at radius 3 is 3.14 bits per heavy atom. The molecule has 5 rings (SSSR count). The van der Waals surface area contributed by atoms with Gasteiger partial charge in [0.25, 0.3) is 5.91 Å². The molecule has 1 amide bonds. The number of hydrogen-bond acceptors (Lipinski definition) is 5. The van der Waals surface area contributed by atoms with Crippen LogP contribution in [0.3, 0.4) is 0 Å². The second-order valence-electron chi connectivity index (χ2n) is 8.57. The molecular weight excluding hydrogens is 366 g/mol. The Morgan fingerprint density at radius 2 is 2.34 bits per heavy atom. The number of rotatable bonds is 4. The van der Waals surface area contributed by atoms with Gasteiger partial charge in [-0.15, -0.1) is 0 Å². The van der Waals surface area contributed by atoms with Crippen LogP contribution < -0.4 is 5.32 Å². The third-order valence-corrected chi connectivity index (χ3v) is 6.57. The van der Waals surface area contributed by atoms with E-state index in [2.05, 4.69) is 32.5 Å². The molecule has 2 aliphatic heterocycles. The molecule has 3 aliphatic rings.